The summed E-state index contributed by atoms with van der Waals surface area (Å²) >= 11 is 2.48. The van der Waals surface area contributed by atoms with Gasteiger partial charge in [0.2, 0.25) is 5.91 Å². The van der Waals surface area contributed by atoms with Crippen LogP contribution >= 0.6 is 23.1 Å². The first-order chi connectivity index (χ1) is 21.3. The number of hydrogen-bond acceptors (Lipinski definition) is 11. The second-order valence-electron chi connectivity index (χ2n) is 9.51. The van der Waals surface area contributed by atoms with Gasteiger partial charge in [0.1, 0.15) is 10.8 Å². The summed E-state index contributed by atoms with van der Waals surface area (Å²) in [6.45, 7) is 1.93. The first-order valence-corrected chi connectivity index (χ1v) is 15.5. The molecule has 2 aromatic heterocycles. The molecule has 15 heteroatoms. The molecule has 0 radical (unpaired) electrons. The Hall–Kier alpha value is -4.76. The van der Waals surface area contributed by atoms with Crippen molar-refractivity contribution in [3.63, 3.8) is 0 Å². The van der Waals surface area contributed by atoms with Crippen molar-refractivity contribution in [3.8, 4) is 11.4 Å². The lowest BCUT2D eigenvalue weighted by Crippen LogP contribution is -2.25. The van der Waals surface area contributed by atoms with Gasteiger partial charge in [-0.3, -0.25) is 24.3 Å². The van der Waals surface area contributed by atoms with Gasteiger partial charge in [0.25, 0.3) is 11.6 Å². The van der Waals surface area contributed by atoms with E-state index >= 15 is 0 Å². The Morgan fingerprint density at radius 2 is 1.89 bits per heavy atom. The molecule has 1 aliphatic carbocycles. The van der Waals surface area contributed by atoms with Gasteiger partial charge < -0.3 is 20.1 Å². The molecule has 4 aromatic rings. The number of amides is 2. The lowest BCUT2D eigenvalue weighted by molar-refractivity contribution is -0.384. The van der Waals surface area contributed by atoms with Crippen molar-refractivity contribution in [2.45, 2.75) is 37.9 Å². The van der Waals surface area contributed by atoms with Gasteiger partial charge in [-0.25, -0.2) is 4.79 Å². The van der Waals surface area contributed by atoms with E-state index < -0.39 is 16.8 Å². The lowest BCUT2D eigenvalue weighted by Gasteiger charge is -2.12. The van der Waals surface area contributed by atoms with Crippen molar-refractivity contribution >= 4 is 51.6 Å². The molecule has 0 saturated carbocycles. The maximum atomic E-state index is 13.1. The Balaban J connectivity index is 1.35. The van der Waals surface area contributed by atoms with Crippen molar-refractivity contribution in [1.29, 1.82) is 0 Å². The second-order valence-corrected chi connectivity index (χ2v) is 11.6. The summed E-state index contributed by atoms with van der Waals surface area (Å²) in [7, 11) is 1.47. The number of fused-ring (bicyclic) bond motifs is 1. The number of carbonyl (C=O) groups excluding carboxylic acids is 3. The molecule has 0 bridgehead atoms. The number of rotatable bonds is 12. The fourth-order valence-electron chi connectivity index (χ4n) is 4.78. The molecule has 0 fully saturated rings. The minimum atomic E-state index is -0.505. The van der Waals surface area contributed by atoms with E-state index in [1.165, 1.54) is 42.7 Å². The molecule has 0 atom stereocenters. The number of carbonyl (C=O) groups is 3. The fourth-order valence-corrected chi connectivity index (χ4v) is 6.85. The molecular formula is C29H28N6O7S2. The smallest absolute Gasteiger partial charge is 0.341 e. The number of nitrogens with zero attached hydrogens (tertiary/aromatic N) is 4. The number of esters is 1. The standard InChI is InChI=1S/C29H28N6O7S2/c1-3-42-28(38)25-20-8-6-10-22(20)44-27(25)31-24(36)16-43-29-33-32-23(34(29)17-11-13-18(14-12-17)35(39)40)15-30-26(37)19-7-4-5-9-21(19)41-2/h4-5,7,9,11-14H,3,6,8,10,15-16H2,1-2H3,(H,30,37)(H,31,36). The van der Waals surface area contributed by atoms with Crippen molar-refractivity contribution in [2.75, 3.05) is 24.8 Å². The van der Waals surface area contributed by atoms with Crippen molar-refractivity contribution in [1.82, 2.24) is 20.1 Å². The minimum absolute atomic E-state index is 0.0305. The molecule has 228 valence electrons. The number of aromatic nitrogens is 3. The fraction of sp³-hybridized carbons (Fsp3) is 0.276. The SMILES string of the molecule is CCOC(=O)c1c(NC(=O)CSc2nnc(CNC(=O)c3ccccc3OC)n2-c2ccc([N+](=O)[O-])cc2)sc2c1CCC2. The van der Waals surface area contributed by atoms with Gasteiger partial charge >= 0.3 is 5.97 Å². The largest absolute Gasteiger partial charge is 0.496 e. The molecule has 13 nitrogen and oxygen atoms in total. The van der Waals surface area contributed by atoms with Crippen LogP contribution in [0.25, 0.3) is 5.69 Å². The Morgan fingerprint density at radius 1 is 1.11 bits per heavy atom. The zero-order valence-corrected chi connectivity index (χ0v) is 25.5. The molecule has 0 saturated heterocycles. The van der Waals surface area contributed by atoms with E-state index in [9.17, 15) is 24.5 Å². The Kier molecular flexibility index (Phi) is 9.55. The molecule has 2 amide bonds. The zero-order chi connectivity index (χ0) is 31.2. The summed E-state index contributed by atoms with van der Waals surface area (Å²) in [4.78, 5) is 50.5. The maximum Gasteiger partial charge on any atom is 0.341 e. The van der Waals surface area contributed by atoms with Crippen molar-refractivity contribution in [2.24, 2.45) is 0 Å². The summed E-state index contributed by atoms with van der Waals surface area (Å²) < 4.78 is 12.1. The van der Waals surface area contributed by atoms with Crippen molar-refractivity contribution < 1.29 is 28.8 Å². The van der Waals surface area contributed by atoms with E-state index in [1.54, 1.807) is 35.8 Å². The maximum absolute atomic E-state index is 13.1. The first-order valence-electron chi connectivity index (χ1n) is 13.6. The number of aryl methyl sites for hydroxylation is 1. The first kappa shape index (κ1) is 30.7. The number of hydrogen-bond donors (Lipinski definition) is 2. The second kappa shape index (κ2) is 13.7. The van der Waals surface area contributed by atoms with Gasteiger partial charge in [-0.1, -0.05) is 23.9 Å². The highest BCUT2D eigenvalue weighted by Crippen LogP contribution is 2.39. The molecule has 2 aromatic carbocycles. The van der Waals surface area contributed by atoms with Crippen LogP contribution in [0, 0.1) is 10.1 Å². The third kappa shape index (κ3) is 6.58. The van der Waals surface area contributed by atoms with Gasteiger partial charge in [0, 0.05) is 22.7 Å². The molecule has 0 spiro atoms. The van der Waals surface area contributed by atoms with Crippen LogP contribution in [0.5, 0.6) is 5.75 Å². The van der Waals surface area contributed by atoms with E-state index in [0.29, 0.717) is 38.5 Å². The van der Waals surface area contributed by atoms with Gasteiger partial charge in [-0.2, -0.15) is 0 Å². The predicted molar refractivity (Wildman–Crippen MR) is 164 cm³/mol. The van der Waals surface area contributed by atoms with Crippen LogP contribution in [0.1, 0.15) is 50.3 Å². The van der Waals surface area contributed by atoms with Crippen LogP contribution < -0.4 is 15.4 Å². The van der Waals surface area contributed by atoms with Crippen LogP contribution in [0.3, 0.4) is 0 Å². The minimum Gasteiger partial charge on any atom is -0.496 e. The summed E-state index contributed by atoms with van der Waals surface area (Å²) in [5.74, 6) is -0.522. The number of para-hydroxylation sites is 1. The highest BCUT2D eigenvalue weighted by atomic mass is 32.2. The number of thiophene rings is 1. The molecule has 2 N–H and O–H groups in total. The van der Waals surface area contributed by atoms with Gasteiger partial charge in [0.05, 0.1) is 42.1 Å². The average Bonchev–Trinajstić information content (AvgIpc) is 3.73. The van der Waals surface area contributed by atoms with E-state index in [2.05, 4.69) is 20.8 Å². The Morgan fingerprint density at radius 3 is 2.61 bits per heavy atom. The normalized spacial score (nSPS) is 12.0. The van der Waals surface area contributed by atoms with E-state index in [4.69, 9.17) is 9.47 Å². The number of thioether (sulfide) groups is 1. The van der Waals surface area contributed by atoms with Crippen LogP contribution in [0.2, 0.25) is 0 Å². The topological polar surface area (TPSA) is 168 Å². The summed E-state index contributed by atoms with van der Waals surface area (Å²) in [5, 5.41) is 26.1. The highest BCUT2D eigenvalue weighted by molar-refractivity contribution is 7.99. The van der Waals surface area contributed by atoms with Crippen LogP contribution in [-0.4, -0.2) is 56.9 Å². The van der Waals surface area contributed by atoms with E-state index in [1.807, 2.05) is 0 Å². The molecule has 44 heavy (non-hydrogen) atoms. The quantitative estimate of drug-likeness (QED) is 0.0973. The Bertz CT molecular complexity index is 1720. The zero-order valence-electron chi connectivity index (χ0n) is 23.8. The summed E-state index contributed by atoms with van der Waals surface area (Å²) in [6, 6.07) is 12.5. The molecule has 1 aliphatic rings. The number of nitrogens with one attached hydrogen (secondary N) is 2. The number of nitro benzene ring substituents is 1. The van der Waals surface area contributed by atoms with Crippen LogP contribution in [-0.2, 0) is 28.9 Å². The molecular weight excluding hydrogens is 608 g/mol. The number of nitro groups is 1. The number of methoxy groups -OCH3 is 1. The summed E-state index contributed by atoms with van der Waals surface area (Å²) in [5.41, 5.74) is 2.11. The summed E-state index contributed by atoms with van der Waals surface area (Å²) in [6.07, 6.45) is 2.57. The number of anilines is 1. The number of benzene rings is 2. The highest BCUT2D eigenvalue weighted by Gasteiger charge is 2.28. The van der Waals surface area contributed by atoms with Crippen LogP contribution in [0.4, 0.5) is 10.7 Å². The predicted octanol–water partition coefficient (Wildman–Crippen LogP) is 4.57. The van der Waals surface area contributed by atoms with Crippen LogP contribution in [0.15, 0.2) is 53.7 Å². The Labute approximate surface area is 260 Å². The third-order valence-electron chi connectivity index (χ3n) is 6.76. The average molecular weight is 637 g/mol. The molecule has 0 aliphatic heterocycles. The monoisotopic (exact) mass is 636 g/mol. The van der Waals surface area contributed by atoms with E-state index in [-0.39, 0.29) is 30.5 Å². The van der Waals surface area contributed by atoms with Gasteiger partial charge in [-0.15, -0.1) is 21.5 Å². The molecule has 2 heterocycles. The van der Waals surface area contributed by atoms with Crippen molar-refractivity contribution in [3.05, 3.63) is 86.0 Å². The molecule has 5 rings (SSSR count). The van der Waals surface area contributed by atoms with Gasteiger partial charge in [-0.05, 0) is 56.0 Å². The molecule has 0 unspecified atom stereocenters. The number of ether oxygens (including phenoxy) is 2. The number of non-ortho nitro benzene ring substituents is 1. The van der Waals surface area contributed by atoms with E-state index in [0.717, 1.165) is 41.5 Å². The van der Waals surface area contributed by atoms with Gasteiger partial charge in [0.15, 0.2) is 11.0 Å². The lowest BCUT2D eigenvalue weighted by atomic mass is 10.1. The third-order valence-corrected chi connectivity index (χ3v) is 8.90.